The first-order valence-corrected chi connectivity index (χ1v) is 9.10. The third-order valence-corrected chi connectivity index (χ3v) is 5.33. The molecule has 2 aromatic rings. The van der Waals surface area contributed by atoms with Gasteiger partial charge in [0.2, 0.25) is 0 Å². The second-order valence-corrected chi connectivity index (χ2v) is 7.16. The van der Waals surface area contributed by atoms with Gasteiger partial charge in [0.15, 0.2) is 6.10 Å². The molecule has 0 aliphatic heterocycles. The molecule has 136 valence electrons. The highest BCUT2D eigenvalue weighted by atomic mass is 32.1. The summed E-state index contributed by atoms with van der Waals surface area (Å²) in [6.07, 6.45) is 1.82. The smallest absolute Gasteiger partial charge is 0.349 e. The van der Waals surface area contributed by atoms with E-state index in [2.05, 4.69) is 11.4 Å². The number of fused-ring (bicyclic) bond motifs is 1. The summed E-state index contributed by atoms with van der Waals surface area (Å²) in [4.78, 5) is 34.7. The van der Waals surface area contributed by atoms with Gasteiger partial charge in [-0.2, -0.15) is 0 Å². The molecule has 1 aliphatic carbocycles. The van der Waals surface area contributed by atoms with Crippen LogP contribution in [0.15, 0.2) is 36.4 Å². The molecule has 0 unspecified atom stereocenters. The summed E-state index contributed by atoms with van der Waals surface area (Å²) in [7, 11) is 0. The quantitative estimate of drug-likeness (QED) is 0.491. The maximum absolute atomic E-state index is 12.4. The molecule has 1 aliphatic rings. The van der Waals surface area contributed by atoms with Crippen LogP contribution >= 0.6 is 11.3 Å². The summed E-state index contributed by atoms with van der Waals surface area (Å²) in [5.74, 6) is -1.12. The molecular formula is C18H18N2O5S. The van der Waals surface area contributed by atoms with Crippen molar-refractivity contribution in [3.05, 3.63) is 62.5 Å². The van der Waals surface area contributed by atoms with Crippen molar-refractivity contribution in [2.24, 2.45) is 0 Å². The molecule has 26 heavy (non-hydrogen) atoms. The average Bonchev–Trinajstić information content (AvgIpc) is 3.12. The number of thiophene rings is 1. The van der Waals surface area contributed by atoms with Crippen LogP contribution in [-0.4, -0.2) is 22.9 Å². The Bertz CT molecular complexity index is 848. The number of amides is 1. The van der Waals surface area contributed by atoms with Gasteiger partial charge < -0.3 is 10.1 Å². The normalized spacial score (nSPS) is 17.0. The van der Waals surface area contributed by atoms with Crippen molar-refractivity contribution in [1.82, 2.24) is 5.32 Å². The number of rotatable bonds is 5. The zero-order valence-electron chi connectivity index (χ0n) is 14.1. The number of nitrogens with one attached hydrogen (secondary N) is 1. The SMILES string of the molecule is C[C@H](OC(=O)c1ccc([N+](=O)[O-])s1)C(=O)N[C@H]1CCCc2ccccc21. The van der Waals surface area contributed by atoms with Gasteiger partial charge in [0.1, 0.15) is 4.88 Å². The van der Waals surface area contributed by atoms with Crippen molar-refractivity contribution >= 4 is 28.2 Å². The summed E-state index contributed by atoms with van der Waals surface area (Å²) in [6, 6.07) is 10.4. The maximum atomic E-state index is 12.4. The number of ether oxygens (including phenoxy) is 1. The first kappa shape index (κ1) is 18.1. The van der Waals surface area contributed by atoms with Gasteiger partial charge in [-0.15, -0.1) is 0 Å². The summed E-state index contributed by atoms with van der Waals surface area (Å²) in [5, 5.41) is 13.5. The van der Waals surface area contributed by atoms with Crippen LogP contribution < -0.4 is 5.32 Å². The molecule has 0 saturated carbocycles. The highest BCUT2D eigenvalue weighted by Gasteiger charge is 2.26. The molecule has 8 heteroatoms. The monoisotopic (exact) mass is 374 g/mol. The number of hydrogen-bond acceptors (Lipinski definition) is 6. The van der Waals surface area contributed by atoms with Gasteiger partial charge in [-0.1, -0.05) is 35.6 Å². The van der Waals surface area contributed by atoms with Crippen molar-refractivity contribution < 1.29 is 19.2 Å². The van der Waals surface area contributed by atoms with Gasteiger partial charge >= 0.3 is 11.0 Å². The van der Waals surface area contributed by atoms with Crippen molar-refractivity contribution in [3.8, 4) is 0 Å². The third kappa shape index (κ3) is 3.91. The van der Waals surface area contributed by atoms with Crippen molar-refractivity contribution in [2.75, 3.05) is 0 Å². The van der Waals surface area contributed by atoms with Crippen LogP contribution in [0.25, 0.3) is 0 Å². The van der Waals surface area contributed by atoms with Crippen molar-refractivity contribution in [1.29, 1.82) is 0 Å². The number of carbonyl (C=O) groups is 2. The number of benzene rings is 1. The van der Waals surface area contributed by atoms with Crippen LogP contribution in [0.2, 0.25) is 0 Å². The van der Waals surface area contributed by atoms with E-state index in [0.717, 1.165) is 36.2 Å². The third-order valence-electron chi connectivity index (χ3n) is 4.31. The molecule has 7 nitrogen and oxygen atoms in total. The Morgan fingerprint density at radius 1 is 1.31 bits per heavy atom. The fraction of sp³-hybridized carbons (Fsp3) is 0.333. The van der Waals surface area contributed by atoms with Gasteiger partial charge in [0.25, 0.3) is 5.91 Å². The van der Waals surface area contributed by atoms with Gasteiger partial charge in [0, 0.05) is 6.07 Å². The van der Waals surface area contributed by atoms with Gasteiger partial charge in [-0.05, 0) is 43.4 Å². The summed E-state index contributed by atoms with van der Waals surface area (Å²) >= 11 is 0.724. The van der Waals surface area contributed by atoms with E-state index in [9.17, 15) is 19.7 Å². The van der Waals surface area contributed by atoms with E-state index >= 15 is 0 Å². The summed E-state index contributed by atoms with van der Waals surface area (Å²) in [6.45, 7) is 1.49. The number of aryl methyl sites for hydroxylation is 1. The highest BCUT2D eigenvalue weighted by Crippen LogP contribution is 2.29. The van der Waals surface area contributed by atoms with Crippen molar-refractivity contribution in [3.63, 3.8) is 0 Å². The minimum absolute atomic E-state index is 0.0966. The van der Waals surface area contributed by atoms with Crippen LogP contribution in [0.5, 0.6) is 0 Å². The van der Waals surface area contributed by atoms with E-state index in [0.29, 0.717) is 0 Å². The van der Waals surface area contributed by atoms with Crippen molar-refractivity contribution in [2.45, 2.75) is 38.3 Å². The molecule has 0 radical (unpaired) electrons. The molecule has 0 bridgehead atoms. The molecule has 1 amide bonds. The van der Waals surface area contributed by atoms with Crippen LogP contribution in [-0.2, 0) is 16.0 Å². The summed E-state index contributed by atoms with van der Waals surface area (Å²) in [5.41, 5.74) is 2.32. The highest BCUT2D eigenvalue weighted by molar-refractivity contribution is 7.17. The molecule has 2 atom stereocenters. The fourth-order valence-electron chi connectivity index (χ4n) is 3.00. The Balaban J connectivity index is 1.61. The topological polar surface area (TPSA) is 98.5 Å². The molecule has 1 aromatic carbocycles. The summed E-state index contributed by atoms with van der Waals surface area (Å²) < 4.78 is 5.16. The van der Waals surface area contributed by atoms with E-state index < -0.39 is 17.0 Å². The molecule has 0 fully saturated rings. The predicted octanol–water partition coefficient (Wildman–Crippen LogP) is 3.40. The van der Waals surface area contributed by atoms with Crippen LogP contribution in [0.1, 0.15) is 46.6 Å². The molecule has 0 saturated heterocycles. The average molecular weight is 374 g/mol. The Hall–Kier alpha value is -2.74. The largest absolute Gasteiger partial charge is 0.448 e. The standard InChI is InChI=1S/C18H18N2O5S/c1-11(25-18(22)15-9-10-16(26-15)20(23)24)17(21)19-14-8-4-6-12-5-2-3-7-13(12)14/h2-3,5,7,9-11,14H,4,6,8H2,1H3,(H,19,21)/t11-,14-/m0/s1. The lowest BCUT2D eigenvalue weighted by Gasteiger charge is -2.27. The van der Waals surface area contributed by atoms with Crippen LogP contribution in [0.4, 0.5) is 5.00 Å². The minimum Gasteiger partial charge on any atom is -0.448 e. The number of nitrogens with zero attached hydrogens (tertiary/aromatic N) is 1. The van der Waals surface area contributed by atoms with Crippen LogP contribution in [0.3, 0.4) is 0 Å². The predicted molar refractivity (Wildman–Crippen MR) is 96.1 cm³/mol. The van der Waals surface area contributed by atoms with E-state index in [1.54, 1.807) is 0 Å². The number of nitro groups is 1. The number of esters is 1. The van der Waals surface area contributed by atoms with E-state index in [-0.39, 0.29) is 21.8 Å². The maximum Gasteiger partial charge on any atom is 0.349 e. The number of carbonyl (C=O) groups excluding carboxylic acids is 2. The zero-order chi connectivity index (χ0) is 18.7. The molecule has 1 aromatic heterocycles. The molecule has 0 spiro atoms. The lowest BCUT2D eigenvalue weighted by atomic mass is 9.87. The van der Waals surface area contributed by atoms with E-state index in [1.807, 2.05) is 18.2 Å². The molecule has 1 N–H and O–H groups in total. The first-order valence-electron chi connectivity index (χ1n) is 8.29. The Labute approximate surface area is 154 Å². The van der Waals surface area contributed by atoms with E-state index in [1.165, 1.54) is 24.6 Å². The Kier molecular flexibility index (Phi) is 5.32. The minimum atomic E-state index is -0.988. The second kappa shape index (κ2) is 7.65. The molecule has 3 rings (SSSR count). The second-order valence-electron chi connectivity index (χ2n) is 6.09. The Morgan fingerprint density at radius 3 is 2.81 bits per heavy atom. The molecule has 1 heterocycles. The van der Waals surface area contributed by atoms with Gasteiger partial charge in [-0.3, -0.25) is 14.9 Å². The fourth-order valence-corrected chi connectivity index (χ4v) is 3.70. The first-order chi connectivity index (χ1) is 12.5. The van der Waals surface area contributed by atoms with Crippen LogP contribution in [0, 0.1) is 10.1 Å². The number of hydrogen-bond donors (Lipinski definition) is 1. The Morgan fingerprint density at radius 2 is 2.08 bits per heavy atom. The van der Waals surface area contributed by atoms with Gasteiger partial charge in [0.05, 0.1) is 11.0 Å². The molecular weight excluding hydrogens is 356 g/mol. The zero-order valence-corrected chi connectivity index (χ0v) is 15.0. The lowest BCUT2D eigenvalue weighted by molar-refractivity contribution is -0.380. The van der Waals surface area contributed by atoms with Gasteiger partial charge in [-0.25, -0.2) is 4.79 Å². The van der Waals surface area contributed by atoms with E-state index in [4.69, 9.17) is 4.74 Å². The lowest BCUT2D eigenvalue weighted by Crippen LogP contribution is -2.39.